The number of nitrogens with zero attached hydrogens (tertiary/aromatic N) is 2. The first kappa shape index (κ1) is 14.9. The molecule has 18 heavy (non-hydrogen) atoms. The van der Waals surface area contributed by atoms with Gasteiger partial charge in [0.15, 0.2) is 0 Å². The molecule has 0 aromatic carbocycles. The van der Waals surface area contributed by atoms with E-state index < -0.39 is 0 Å². The van der Waals surface area contributed by atoms with Gasteiger partial charge in [-0.05, 0) is 31.8 Å². The Hall–Kier alpha value is -1.17. The molecule has 0 aliphatic rings. The van der Waals surface area contributed by atoms with Crippen molar-refractivity contribution in [3.05, 3.63) is 11.4 Å². The van der Waals surface area contributed by atoms with Gasteiger partial charge in [0.1, 0.15) is 6.54 Å². The molecule has 1 aromatic rings. The predicted octanol–water partition coefficient (Wildman–Crippen LogP) is 1.20. The Morgan fingerprint density at radius 2 is 2.22 bits per heavy atom. The molecule has 1 amide bonds. The second-order valence-electron chi connectivity index (χ2n) is 4.61. The number of hydrogen-bond donors (Lipinski definition) is 2. The molecule has 0 spiro atoms. The van der Waals surface area contributed by atoms with E-state index in [0.29, 0.717) is 18.2 Å². The molecule has 1 unspecified atom stereocenters. The molecule has 3 N–H and O–H groups in total. The fraction of sp³-hybridized carbons (Fsp3) is 0.667. The summed E-state index contributed by atoms with van der Waals surface area (Å²) in [6.07, 6.45) is 2.07. The van der Waals surface area contributed by atoms with Crippen molar-refractivity contribution in [2.45, 2.75) is 27.3 Å². The highest BCUT2D eigenvalue weighted by atomic mass is 32.2. The highest BCUT2D eigenvalue weighted by Gasteiger charge is 2.11. The van der Waals surface area contributed by atoms with Crippen molar-refractivity contribution >= 4 is 23.4 Å². The lowest BCUT2D eigenvalue weighted by molar-refractivity contribution is -0.122. The molecule has 0 aliphatic carbocycles. The van der Waals surface area contributed by atoms with Crippen molar-refractivity contribution in [1.29, 1.82) is 0 Å². The molecule has 1 heterocycles. The smallest absolute Gasteiger partial charge is 0.241 e. The molecular weight excluding hydrogens is 248 g/mol. The summed E-state index contributed by atoms with van der Waals surface area (Å²) in [5.74, 6) is 1.51. The number of rotatable bonds is 6. The zero-order valence-electron chi connectivity index (χ0n) is 11.5. The van der Waals surface area contributed by atoms with Crippen molar-refractivity contribution < 1.29 is 4.79 Å². The minimum atomic E-state index is -0.0199. The zero-order chi connectivity index (χ0) is 13.7. The summed E-state index contributed by atoms with van der Waals surface area (Å²) in [5, 5.41) is 7.16. The lowest BCUT2D eigenvalue weighted by Crippen LogP contribution is -2.32. The minimum absolute atomic E-state index is 0.0199. The van der Waals surface area contributed by atoms with Crippen LogP contribution in [0.25, 0.3) is 0 Å². The number of carbonyl (C=O) groups is 1. The third-order valence-electron chi connectivity index (χ3n) is 2.83. The van der Waals surface area contributed by atoms with E-state index >= 15 is 0 Å². The van der Waals surface area contributed by atoms with Crippen LogP contribution in [0.5, 0.6) is 0 Å². The van der Waals surface area contributed by atoms with Crippen LogP contribution in [-0.4, -0.2) is 34.2 Å². The van der Waals surface area contributed by atoms with Crippen LogP contribution in [0.4, 0.5) is 5.69 Å². The van der Waals surface area contributed by atoms with Gasteiger partial charge >= 0.3 is 0 Å². The Morgan fingerprint density at radius 1 is 1.56 bits per heavy atom. The Morgan fingerprint density at radius 3 is 2.72 bits per heavy atom. The molecular formula is C12H22N4OS. The van der Waals surface area contributed by atoms with Crippen molar-refractivity contribution in [2.24, 2.45) is 5.92 Å². The number of amides is 1. The number of carbonyl (C=O) groups excluding carboxylic acids is 1. The first-order valence-electron chi connectivity index (χ1n) is 6.00. The average molecular weight is 270 g/mol. The largest absolute Gasteiger partial charge is 0.396 e. The second kappa shape index (κ2) is 6.68. The van der Waals surface area contributed by atoms with Crippen LogP contribution in [0.2, 0.25) is 0 Å². The van der Waals surface area contributed by atoms with E-state index in [1.165, 1.54) is 0 Å². The SMILES string of the molecule is CSCC(C)CNC(=O)Cn1nc(C)c(N)c1C. The number of nitrogens with one attached hydrogen (secondary N) is 1. The number of hydrogen-bond acceptors (Lipinski definition) is 4. The minimum Gasteiger partial charge on any atom is -0.396 e. The van der Waals surface area contributed by atoms with E-state index in [0.717, 1.165) is 17.1 Å². The van der Waals surface area contributed by atoms with E-state index in [4.69, 9.17) is 5.73 Å². The lowest BCUT2D eigenvalue weighted by atomic mass is 10.2. The standard InChI is InChI=1S/C12H22N4OS/c1-8(7-18-4)5-14-11(17)6-16-10(3)12(13)9(2)15-16/h8H,5-7,13H2,1-4H3,(H,14,17). The number of anilines is 1. The molecule has 0 aliphatic heterocycles. The normalized spacial score (nSPS) is 12.4. The van der Waals surface area contributed by atoms with E-state index in [-0.39, 0.29) is 12.5 Å². The topological polar surface area (TPSA) is 72.9 Å². The van der Waals surface area contributed by atoms with Gasteiger partial charge in [0.25, 0.3) is 0 Å². The van der Waals surface area contributed by atoms with Crippen molar-refractivity contribution in [3.63, 3.8) is 0 Å². The molecule has 0 saturated carbocycles. The van der Waals surface area contributed by atoms with Crippen LogP contribution < -0.4 is 11.1 Å². The van der Waals surface area contributed by atoms with Gasteiger partial charge in [0.2, 0.25) is 5.91 Å². The molecule has 0 bridgehead atoms. The fourth-order valence-corrected chi connectivity index (χ4v) is 2.38. The van der Waals surface area contributed by atoms with Gasteiger partial charge < -0.3 is 11.1 Å². The van der Waals surface area contributed by atoms with Gasteiger partial charge in [-0.15, -0.1) is 0 Å². The molecule has 5 nitrogen and oxygen atoms in total. The summed E-state index contributed by atoms with van der Waals surface area (Å²) in [5.41, 5.74) is 8.11. The number of aromatic nitrogens is 2. The first-order chi connectivity index (χ1) is 8.45. The number of thioether (sulfide) groups is 1. The molecule has 0 radical (unpaired) electrons. The van der Waals surface area contributed by atoms with Crippen LogP contribution in [-0.2, 0) is 11.3 Å². The summed E-state index contributed by atoms with van der Waals surface area (Å²) in [4.78, 5) is 11.8. The molecule has 1 atom stereocenters. The van der Waals surface area contributed by atoms with Crippen molar-refractivity contribution in [3.8, 4) is 0 Å². The summed E-state index contributed by atoms with van der Waals surface area (Å²) >= 11 is 1.79. The van der Waals surface area contributed by atoms with E-state index in [9.17, 15) is 4.79 Å². The molecule has 1 rings (SSSR count). The monoisotopic (exact) mass is 270 g/mol. The summed E-state index contributed by atoms with van der Waals surface area (Å²) in [6.45, 7) is 6.78. The van der Waals surface area contributed by atoms with Gasteiger partial charge in [-0.2, -0.15) is 16.9 Å². The summed E-state index contributed by atoms with van der Waals surface area (Å²) in [7, 11) is 0. The third-order valence-corrected chi connectivity index (χ3v) is 3.73. The van der Waals surface area contributed by atoms with E-state index in [1.807, 2.05) is 13.8 Å². The summed E-state index contributed by atoms with van der Waals surface area (Å²) < 4.78 is 1.65. The molecule has 0 fully saturated rings. The number of nitrogen functional groups attached to an aromatic ring is 1. The Labute approximate surface area is 112 Å². The van der Waals surface area contributed by atoms with Crippen LogP contribution in [0.3, 0.4) is 0 Å². The van der Waals surface area contributed by atoms with Crippen LogP contribution >= 0.6 is 11.8 Å². The average Bonchev–Trinajstić information content (AvgIpc) is 2.55. The maximum absolute atomic E-state index is 11.8. The Balaban J connectivity index is 2.47. The van der Waals surface area contributed by atoms with Gasteiger partial charge in [-0.3, -0.25) is 9.48 Å². The fourth-order valence-electron chi connectivity index (χ4n) is 1.69. The zero-order valence-corrected chi connectivity index (χ0v) is 12.3. The number of nitrogens with two attached hydrogens (primary N) is 1. The highest BCUT2D eigenvalue weighted by Crippen LogP contribution is 2.14. The van der Waals surface area contributed by atoms with E-state index in [1.54, 1.807) is 16.4 Å². The summed E-state index contributed by atoms with van der Waals surface area (Å²) in [6, 6.07) is 0. The lowest BCUT2D eigenvalue weighted by Gasteiger charge is -2.11. The first-order valence-corrected chi connectivity index (χ1v) is 7.40. The van der Waals surface area contributed by atoms with E-state index in [2.05, 4.69) is 23.6 Å². The van der Waals surface area contributed by atoms with Gasteiger partial charge in [-0.1, -0.05) is 6.92 Å². The van der Waals surface area contributed by atoms with Crippen LogP contribution in [0, 0.1) is 19.8 Å². The van der Waals surface area contributed by atoms with Crippen molar-refractivity contribution in [1.82, 2.24) is 15.1 Å². The Bertz CT molecular complexity index is 416. The maximum Gasteiger partial charge on any atom is 0.241 e. The highest BCUT2D eigenvalue weighted by molar-refractivity contribution is 7.98. The van der Waals surface area contributed by atoms with Crippen molar-refractivity contribution in [2.75, 3.05) is 24.3 Å². The second-order valence-corrected chi connectivity index (χ2v) is 5.52. The predicted molar refractivity (Wildman–Crippen MR) is 76.7 cm³/mol. The van der Waals surface area contributed by atoms with Gasteiger partial charge in [-0.25, -0.2) is 0 Å². The van der Waals surface area contributed by atoms with Crippen LogP contribution in [0.15, 0.2) is 0 Å². The maximum atomic E-state index is 11.8. The third kappa shape index (κ3) is 3.94. The molecule has 102 valence electrons. The number of aryl methyl sites for hydroxylation is 1. The molecule has 6 heteroatoms. The Kier molecular flexibility index (Phi) is 5.53. The molecule has 1 aromatic heterocycles. The quantitative estimate of drug-likeness (QED) is 0.814. The molecule has 0 saturated heterocycles. The van der Waals surface area contributed by atoms with Gasteiger partial charge in [0.05, 0.1) is 17.1 Å². The van der Waals surface area contributed by atoms with Gasteiger partial charge in [0, 0.05) is 6.54 Å². The van der Waals surface area contributed by atoms with Crippen LogP contribution in [0.1, 0.15) is 18.3 Å².